The van der Waals surface area contributed by atoms with Crippen LogP contribution in [-0.4, -0.2) is 64.0 Å². The Hall–Kier alpha value is -4.40. The Morgan fingerprint density at radius 1 is 0.936 bits per heavy atom. The average Bonchev–Trinajstić information content (AvgIpc) is 3.67. The van der Waals surface area contributed by atoms with E-state index < -0.39 is 0 Å². The van der Waals surface area contributed by atoms with Gasteiger partial charge >= 0.3 is 0 Å². The predicted molar refractivity (Wildman–Crippen MR) is 184 cm³/mol. The maximum Gasteiger partial charge on any atom is 0.253 e. The van der Waals surface area contributed by atoms with Gasteiger partial charge in [-0.3, -0.25) is 24.4 Å². The van der Waals surface area contributed by atoms with Crippen molar-refractivity contribution in [2.45, 2.75) is 78.1 Å². The number of amides is 3. The highest BCUT2D eigenvalue weighted by atomic mass is 16.2. The van der Waals surface area contributed by atoms with Crippen LogP contribution in [-0.2, 0) is 28.9 Å². The number of carbonyl (C=O) groups excluding carboxylic acids is 3. The molecule has 0 atom stereocenters. The molecule has 2 fully saturated rings. The highest BCUT2D eigenvalue weighted by Crippen LogP contribution is 2.39. The molecule has 9 nitrogen and oxygen atoms in total. The number of aromatic amines is 2. The van der Waals surface area contributed by atoms with Gasteiger partial charge in [0, 0.05) is 72.4 Å². The molecular formula is C38H44N6O3. The second-order valence-corrected chi connectivity index (χ2v) is 14.9. The van der Waals surface area contributed by atoms with Gasteiger partial charge in [-0.2, -0.15) is 5.10 Å². The van der Waals surface area contributed by atoms with Gasteiger partial charge in [0.1, 0.15) is 5.69 Å². The van der Waals surface area contributed by atoms with Crippen molar-refractivity contribution in [2.24, 2.45) is 11.3 Å². The number of hydrogen-bond donors (Lipinski definition) is 2. The number of carbonyl (C=O) groups is 3. The fraction of sp³-hybridized carbons (Fsp3) is 0.474. The number of aromatic nitrogens is 3. The summed E-state index contributed by atoms with van der Waals surface area (Å²) in [6, 6.07) is 14.2. The third-order valence-corrected chi connectivity index (χ3v) is 11.0. The first kappa shape index (κ1) is 30.0. The van der Waals surface area contributed by atoms with E-state index in [0.29, 0.717) is 36.3 Å². The van der Waals surface area contributed by atoms with E-state index >= 15 is 0 Å². The summed E-state index contributed by atoms with van der Waals surface area (Å²) in [6.45, 7) is 8.11. The standard InChI is InChI=1S/C38H44N6O3/c1-38(2)15-12-29-32(22-38)40-41-36(29)31-21-27-19-26(8-10-30(27)39-31)37(47)42-17-13-24(14-18-42)23-43-16-4-5-25-20-28(9-11-33(25)43)44-34(45)6-3-7-35(44)46/h8-11,19-21,24,39H,3-7,12-18,22-23H2,1-2H3,(H,40,41). The number of anilines is 2. The fourth-order valence-corrected chi connectivity index (χ4v) is 8.31. The van der Waals surface area contributed by atoms with Crippen LogP contribution in [0, 0.1) is 11.3 Å². The molecule has 5 heterocycles. The number of likely N-dealkylation sites (tertiary alicyclic amines) is 1. The van der Waals surface area contributed by atoms with Gasteiger partial charge in [-0.25, -0.2) is 0 Å². The first-order chi connectivity index (χ1) is 22.7. The van der Waals surface area contributed by atoms with Crippen LogP contribution in [0.3, 0.4) is 0 Å². The molecule has 0 radical (unpaired) electrons. The summed E-state index contributed by atoms with van der Waals surface area (Å²) in [4.78, 5) is 48.0. The highest BCUT2D eigenvalue weighted by Gasteiger charge is 2.32. The molecule has 0 spiro atoms. The lowest BCUT2D eigenvalue weighted by atomic mass is 9.76. The second-order valence-electron chi connectivity index (χ2n) is 14.9. The molecule has 2 aromatic heterocycles. The van der Waals surface area contributed by atoms with Crippen LogP contribution >= 0.6 is 0 Å². The number of aryl methyl sites for hydroxylation is 1. The number of nitrogens with one attached hydrogen (secondary N) is 2. The van der Waals surface area contributed by atoms with E-state index in [1.807, 2.05) is 29.2 Å². The quantitative estimate of drug-likeness (QED) is 0.247. The maximum atomic E-state index is 13.6. The van der Waals surface area contributed by atoms with Gasteiger partial charge in [0.2, 0.25) is 11.8 Å². The summed E-state index contributed by atoms with van der Waals surface area (Å²) >= 11 is 0. The zero-order valence-electron chi connectivity index (χ0n) is 27.5. The molecule has 0 saturated carbocycles. The Bertz CT molecular complexity index is 1860. The van der Waals surface area contributed by atoms with Crippen molar-refractivity contribution in [3.63, 3.8) is 0 Å². The van der Waals surface area contributed by atoms with Crippen LogP contribution in [0.15, 0.2) is 42.5 Å². The number of H-pyrrole nitrogens is 2. The molecule has 47 heavy (non-hydrogen) atoms. The van der Waals surface area contributed by atoms with Crippen LogP contribution in [0.2, 0.25) is 0 Å². The lowest BCUT2D eigenvalue weighted by Gasteiger charge is -2.38. The first-order valence-corrected chi connectivity index (χ1v) is 17.4. The van der Waals surface area contributed by atoms with Crippen molar-refractivity contribution in [1.29, 1.82) is 0 Å². The molecule has 8 rings (SSSR count). The van der Waals surface area contributed by atoms with Crippen molar-refractivity contribution < 1.29 is 14.4 Å². The SMILES string of the molecule is CC1(C)CCc2c(-c3cc4cc(C(=O)N5CCC(CN6CCCc7cc(N8C(=O)CCCC8=O)ccc76)CC5)ccc4[nH]3)n[nH]c2C1. The zero-order chi connectivity index (χ0) is 32.3. The fourth-order valence-electron chi connectivity index (χ4n) is 8.31. The largest absolute Gasteiger partial charge is 0.371 e. The van der Waals surface area contributed by atoms with Gasteiger partial charge in [-0.15, -0.1) is 0 Å². The number of benzene rings is 2. The van der Waals surface area contributed by atoms with Gasteiger partial charge in [-0.05, 0) is 111 Å². The summed E-state index contributed by atoms with van der Waals surface area (Å²) in [7, 11) is 0. The summed E-state index contributed by atoms with van der Waals surface area (Å²) in [5.74, 6) is 0.425. The predicted octanol–water partition coefficient (Wildman–Crippen LogP) is 6.42. The molecule has 4 aliphatic rings. The summed E-state index contributed by atoms with van der Waals surface area (Å²) < 4.78 is 0. The van der Waals surface area contributed by atoms with Gasteiger partial charge in [0.25, 0.3) is 5.91 Å². The van der Waals surface area contributed by atoms with Gasteiger partial charge in [-0.1, -0.05) is 13.8 Å². The minimum absolute atomic E-state index is 0.0931. The Morgan fingerprint density at radius 3 is 2.55 bits per heavy atom. The number of rotatable bonds is 5. The molecule has 3 amide bonds. The second kappa shape index (κ2) is 11.7. The van der Waals surface area contributed by atoms with E-state index in [0.717, 1.165) is 99.0 Å². The summed E-state index contributed by atoms with van der Waals surface area (Å²) in [6.07, 6.45) is 8.67. The lowest BCUT2D eigenvalue weighted by molar-refractivity contribution is -0.129. The lowest BCUT2D eigenvalue weighted by Crippen LogP contribution is -2.43. The van der Waals surface area contributed by atoms with Gasteiger partial charge in [0.15, 0.2) is 0 Å². The highest BCUT2D eigenvalue weighted by molar-refractivity contribution is 6.16. The van der Waals surface area contributed by atoms with Crippen LogP contribution in [0.4, 0.5) is 11.4 Å². The molecule has 2 aromatic carbocycles. The third kappa shape index (κ3) is 5.63. The van der Waals surface area contributed by atoms with Crippen LogP contribution < -0.4 is 9.80 Å². The first-order valence-electron chi connectivity index (χ1n) is 17.4. The molecule has 2 N–H and O–H groups in total. The van der Waals surface area contributed by atoms with E-state index in [1.54, 1.807) is 0 Å². The molecule has 4 aromatic rings. The monoisotopic (exact) mass is 632 g/mol. The number of hydrogen-bond acceptors (Lipinski definition) is 5. The number of nitrogens with zero attached hydrogens (tertiary/aromatic N) is 4. The van der Waals surface area contributed by atoms with Crippen LogP contribution in [0.25, 0.3) is 22.3 Å². The molecule has 3 aliphatic heterocycles. The minimum atomic E-state index is -0.0931. The maximum absolute atomic E-state index is 13.6. The van der Waals surface area contributed by atoms with Crippen LogP contribution in [0.1, 0.15) is 86.0 Å². The number of imide groups is 1. The van der Waals surface area contributed by atoms with Gasteiger partial charge in [0.05, 0.1) is 11.4 Å². The average molecular weight is 633 g/mol. The van der Waals surface area contributed by atoms with Crippen LogP contribution in [0.5, 0.6) is 0 Å². The molecule has 2 saturated heterocycles. The number of piperidine rings is 2. The Morgan fingerprint density at radius 2 is 1.74 bits per heavy atom. The van der Waals surface area contributed by atoms with E-state index in [1.165, 1.54) is 27.4 Å². The molecule has 9 heteroatoms. The van der Waals surface area contributed by atoms with Crippen molar-refractivity contribution in [3.8, 4) is 11.4 Å². The zero-order valence-corrected chi connectivity index (χ0v) is 27.5. The molecule has 0 bridgehead atoms. The Labute approximate surface area is 275 Å². The van der Waals surface area contributed by atoms with E-state index in [2.05, 4.69) is 52.1 Å². The van der Waals surface area contributed by atoms with Crippen molar-refractivity contribution >= 4 is 40.0 Å². The number of fused-ring (bicyclic) bond motifs is 3. The molecule has 1 aliphatic carbocycles. The topological polar surface area (TPSA) is 105 Å². The Kier molecular flexibility index (Phi) is 7.45. The molecule has 0 unspecified atom stereocenters. The molecular weight excluding hydrogens is 588 g/mol. The van der Waals surface area contributed by atoms with E-state index in [9.17, 15) is 14.4 Å². The van der Waals surface area contributed by atoms with E-state index in [4.69, 9.17) is 0 Å². The van der Waals surface area contributed by atoms with Crippen molar-refractivity contribution in [2.75, 3.05) is 36.0 Å². The normalized spacial score (nSPS) is 20.1. The Balaban J connectivity index is 0.909. The summed E-state index contributed by atoms with van der Waals surface area (Å²) in [5.41, 5.74) is 9.77. The summed E-state index contributed by atoms with van der Waals surface area (Å²) in [5, 5.41) is 9.02. The minimum Gasteiger partial charge on any atom is -0.371 e. The smallest absolute Gasteiger partial charge is 0.253 e. The van der Waals surface area contributed by atoms with E-state index in [-0.39, 0.29) is 17.7 Å². The van der Waals surface area contributed by atoms with Gasteiger partial charge < -0.3 is 14.8 Å². The third-order valence-electron chi connectivity index (χ3n) is 11.0. The van der Waals surface area contributed by atoms with Crippen molar-refractivity contribution in [3.05, 3.63) is 64.8 Å². The van der Waals surface area contributed by atoms with Crippen molar-refractivity contribution in [1.82, 2.24) is 20.1 Å². The molecule has 244 valence electrons.